The van der Waals surface area contributed by atoms with Crippen LogP contribution in [0.15, 0.2) is 29.8 Å². The topological polar surface area (TPSA) is 160 Å². The molecule has 1 aromatic heterocycles. The van der Waals surface area contributed by atoms with Gasteiger partial charge in [-0.3, -0.25) is 14.5 Å². The molecular weight excluding hydrogens is 506 g/mol. The van der Waals surface area contributed by atoms with E-state index >= 15 is 0 Å². The van der Waals surface area contributed by atoms with Crippen molar-refractivity contribution in [3.63, 3.8) is 0 Å². The van der Waals surface area contributed by atoms with Gasteiger partial charge in [-0.05, 0) is 43.7 Å². The highest BCUT2D eigenvalue weighted by Crippen LogP contribution is 2.41. The molecule has 3 heterocycles. The maximum absolute atomic E-state index is 12.8. The second-order valence-corrected chi connectivity index (χ2v) is 11.7. The van der Waals surface area contributed by atoms with Crippen LogP contribution in [0.1, 0.15) is 49.4 Å². The highest BCUT2D eigenvalue weighted by atomic mass is 32.2. The van der Waals surface area contributed by atoms with Gasteiger partial charge in [-0.15, -0.1) is 10.2 Å². The van der Waals surface area contributed by atoms with E-state index in [1.807, 2.05) is 0 Å². The summed E-state index contributed by atoms with van der Waals surface area (Å²) < 4.78 is 41.2. The number of β-lactam (4-membered cyclic amide) rings is 1. The zero-order valence-corrected chi connectivity index (χ0v) is 21.8. The quantitative estimate of drug-likeness (QED) is 0.361. The Morgan fingerprint density at radius 3 is 2.43 bits per heavy atom. The zero-order chi connectivity index (χ0) is 27.1. The molecule has 0 aliphatic carbocycles. The van der Waals surface area contributed by atoms with Gasteiger partial charge in [0.15, 0.2) is 21.3 Å². The summed E-state index contributed by atoms with van der Waals surface area (Å²) in [6, 6.07) is 6.69. The first kappa shape index (κ1) is 26.4. The Bertz CT molecular complexity index is 1370. The smallest absolute Gasteiger partial charge is 0.338 e. The number of hydrogen-bond donors (Lipinski definition) is 0. The number of tetrazole rings is 1. The lowest BCUT2D eigenvalue weighted by Gasteiger charge is -2.48. The van der Waals surface area contributed by atoms with Crippen molar-refractivity contribution in [2.45, 2.75) is 51.3 Å². The Hall–Kier alpha value is -3.65. The van der Waals surface area contributed by atoms with E-state index in [9.17, 15) is 22.8 Å². The van der Waals surface area contributed by atoms with Crippen LogP contribution in [0, 0.1) is 0 Å². The highest BCUT2D eigenvalue weighted by molar-refractivity contribution is 7.92. The fourth-order valence-electron chi connectivity index (χ4n) is 4.02. The molecule has 13 nitrogen and oxygen atoms in total. The summed E-state index contributed by atoms with van der Waals surface area (Å²) in [5, 5.41) is 11.2. The molecule has 0 radical (unpaired) electrons. The van der Waals surface area contributed by atoms with Crippen LogP contribution in [-0.4, -0.2) is 87.9 Å². The van der Waals surface area contributed by atoms with Gasteiger partial charge in [0.05, 0.1) is 23.6 Å². The zero-order valence-electron chi connectivity index (χ0n) is 21.0. The molecule has 1 aromatic carbocycles. The molecule has 2 aromatic rings. The Balaban J connectivity index is 1.60. The Morgan fingerprint density at radius 1 is 1.16 bits per heavy atom. The second kappa shape index (κ2) is 9.67. The van der Waals surface area contributed by atoms with Gasteiger partial charge in [-0.25, -0.2) is 13.2 Å². The van der Waals surface area contributed by atoms with E-state index in [-0.39, 0.29) is 30.2 Å². The molecule has 2 atom stereocenters. The van der Waals surface area contributed by atoms with Crippen LogP contribution < -0.4 is 0 Å². The minimum Gasteiger partial charge on any atom is -0.461 e. The fraction of sp³-hybridized carbons (Fsp3) is 0.478. The predicted molar refractivity (Wildman–Crippen MR) is 127 cm³/mol. The van der Waals surface area contributed by atoms with Crippen molar-refractivity contribution < 1.29 is 37.0 Å². The van der Waals surface area contributed by atoms with Crippen LogP contribution in [-0.2, 0) is 40.2 Å². The van der Waals surface area contributed by atoms with E-state index in [0.717, 1.165) is 10.5 Å². The van der Waals surface area contributed by atoms with Crippen molar-refractivity contribution in [2.24, 2.45) is 0 Å². The lowest BCUT2D eigenvalue weighted by Crippen LogP contribution is -2.69. The molecule has 1 saturated heterocycles. The number of rotatable bonds is 7. The Morgan fingerprint density at radius 2 is 1.84 bits per heavy atom. The third kappa shape index (κ3) is 5.39. The maximum atomic E-state index is 12.8. The third-order valence-corrected chi connectivity index (χ3v) is 7.54. The van der Waals surface area contributed by atoms with Gasteiger partial charge in [0.1, 0.15) is 12.2 Å². The van der Waals surface area contributed by atoms with Crippen LogP contribution >= 0.6 is 0 Å². The van der Waals surface area contributed by atoms with Gasteiger partial charge >= 0.3 is 11.9 Å². The normalized spacial score (nSPS) is 20.8. The summed E-state index contributed by atoms with van der Waals surface area (Å²) in [7, 11) is -2.55. The lowest BCUT2D eigenvalue weighted by atomic mass is 10.1. The van der Waals surface area contributed by atoms with Crippen molar-refractivity contribution in [3.8, 4) is 0 Å². The van der Waals surface area contributed by atoms with Gasteiger partial charge in [0, 0.05) is 19.6 Å². The number of ether oxygens (including phenoxy) is 3. The van der Waals surface area contributed by atoms with Gasteiger partial charge in [0.2, 0.25) is 5.82 Å². The number of benzene rings is 1. The van der Waals surface area contributed by atoms with Crippen LogP contribution in [0.4, 0.5) is 0 Å². The molecule has 2 aliphatic rings. The molecule has 1 fully saturated rings. The molecule has 198 valence electrons. The molecule has 2 aliphatic heterocycles. The van der Waals surface area contributed by atoms with Crippen molar-refractivity contribution in [1.29, 1.82) is 0 Å². The highest BCUT2D eigenvalue weighted by Gasteiger charge is 2.60. The number of carbonyl (C=O) groups is 3. The van der Waals surface area contributed by atoms with Gasteiger partial charge in [-0.2, -0.15) is 4.80 Å². The summed E-state index contributed by atoms with van der Waals surface area (Å²) in [4.78, 5) is 38.7. The van der Waals surface area contributed by atoms with Gasteiger partial charge in [0.25, 0.3) is 5.91 Å². The summed E-state index contributed by atoms with van der Waals surface area (Å²) in [5.74, 6) is -2.06. The number of nitrogens with zero attached hydrogens (tertiary/aromatic N) is 5. The first-order valence-electron chi connectivity index (χ1n) is 11.3. The number of esters is 2. The summed E-state index contributed by atoms with van der Waals surface area (Å²) in [5.41, 5.74) is 0.832. The molecular formula is C23H27N5O8S. The average molecular weight is 534 g/mol. The molecule has 0 N–H and O–H groups in total. The summed E-state index contributed by atoms with van der Waals surface area (Å²) in [6.45, 7) is 6.39. The summed E-state index contributed by atoms with van der Waals surface area (Å²) in [6.07, 6.45) is -1.14. The number of hydrogen-bond acceptors (Lipinski definition) is 11. The molecule has 0 spiro atoms. The first-order valence-corrected chi connectivity index (χ1v) is 13.1. The van der Waals surface area contributed by atoms with E-state index in [2.05, 4.69) is 15.4 Å². The molecule has 0 unspecified atom stereocenters. The number of fused-ring (bicyclic) bond motifs is 1. The molecule has 4 rings (SSSR count). The number of methoxy groups -OCH3 is 1. The minimum absolute atomic E-state index is 0.00957. The van der Waals surface area contributed by atoms with E-state index in [4.69, 9.17) is 14.2 Å². The lowest BCUT2D eigenvalue weighted by molar-refractivity contribution is -0.156. The molecule has 0 bridgehead atoms. The average Bonchev–Trinajstić information content (AvgIpc) is 3.25. The van der Waals surface area contributed by atoms with Crippen molar-refractivity contribution >= 4 is 33.4 Å². The van der Waals surface area contributed by atoms with Crippen LogP contribution in [0.25, 0.3) is 5.70 Å². The SMILES string of the molecule is CO[C@H]1C(=O)N2C(c3nnn(Cc4ccc(C(=O)OC(C)(C)C)cc4)n3)=C(COC(C)=O)CS(=O)(=O)[C@H]12. The Labute approximate surface area is 213 Å². The summed E-state index contributed by atoms with van der Waals surface area (Å²) >= 11 is 0. The number of amides is 1. The van der Waals surface area contributed by atoms with E-state index in [0.29, 0.717) is 5.56 Å². The van der Waals surface area contributed by atoms with Crippen LogP contribution in [0.3, 0.4) is 0 Å². The first-order chi connectivity index (χ1) is 17.3. The number of sulfone groups is 1. The van der Waals surface area contributed by atoms with Crippen LogP contribution in [0.5, 0.6) is 0 Å². The van der Waals surface area contributed by atoms with E-state index in [1.165, 1.54) is 18.8 Å². The number of aromatic nitrogens is 4. The monoisotopic (exact) mass is 533 g/mol. The van der Waals surface area contributed by atoms with Gasteiger partial charge < -0.3 is 14.2 Å². The molecule has 14 heteroatoms. The largest absolute Gasteiger partial charge is 0.461 e. The molecule has 37 heavy (non-hydrogen) atoms. The number of carbonyl (C=O) groups excluding carboxylic acids is 3. The van der Waals surface area contributed by atoms with E-state index < -0.39 is 50.5 Å². The Kier molecular flexibility index (Phi) is 6.90. The van der Waals surface area contributed by atoms with Crippen molar-refractivity contribution in [1.82, 2.24) is 25.1 Å². The maximum Gasteiger partial charge on any atom is 0.338 e. The molecule has 0 saturated carbocycles. The molecule has 1 amide bonds. The van der Waals surface area contributed by atoms with Crippen molar-refractivity contribution in [3.05, 3.63) is 46.8 Å². The minimum atomic E-state index is -3.81. The third-order valence-electron chi connectivity index (χ3n) is 5.59. The van der Waals surface area contributed by atoms with Gasteiger partial charge in [-0.1, -0.05) is 12.1 Å². The van der Waals surface area contributed by atoms with E-state index in [1.54, 1.807) is 45.0 Å². The standard InChI is InChI=1S/C23H27N5O8S/c1-13(29)35-11-16-12-37(32,33)21-18(34-5)20(30)28(21)17(16)19-24-26-27(25-19)10-14-6-8-15(9-7-14)22(31)36-23(2,3)4/h6-9,18,21H,10-12H2,1-5H3/t18-,21+/m0/s1. The van der Waals surface area contributed by atoms with Crippen LogP contribution in [0.2, 0.25) is 0 Å². The fourth-order valence-corrected chi connectivity index (χ4v) is 6.04. The van der Waals surface area contributed by atoms with Crippen molar-refractivity contribution in [2.75, 3.05) is 19.5 Å². The second-order valence-electron chi connectivity index (χ2n) is 9.64. The predicted octanol–water partition coefficient (Wildman–Crippen LogP) is 0.563.